The number of anilines is 1. The molecule has 0 N–H and O–H groups in total. The van der Waals surface area contributed by atoms with Crippen LogP contribution in [-0.4, -0.2) is 67.8 Å². The lowest BCUT2D eigenvalue weighted by Gasteiger charge is -2.38. The zero-order chi connectivity index (χ0) is 18.8. The zero-order valence-electron chi connectivity index (χ0n) is 15.3. The molecule has 142 valence electrons. The standard InChI is InChI=1S/C19H25F2N3O2/c1-13(9-18(25)14-11-22(2)12-14)19(26)24-7-5-23(6-8-24)15-3-4-16(20)17(21)10-15/h3-4,10,13-14H,5-9,11-12H2,1-2H3. The minimum Gasteiger partial charge on any atom is -0.368 e. The Morgan fingerprint density at radius 3 is 2.35 bits per heavy atom. The van der Waals surface area contributed by atoms with E-state index in [2.05, 4.69) is 4.90 Å². The second kappa shape index (κ2) is 7.70. The van der Waals surface area contributed by atoms with Gasteiger partial charge in [0.1, 0.15) is 5.78 Å². The number of nitrogens with zero attached hydrogens (tertiary/aromatic N) is 3. The largest absolute Gasteiger partial charge is 0.368 e. The van der Waals surface area contributed by atoms with E-state index in [9.17, 15) is 18.4 Å². The molecule has 2 fully saturated rings. The fraction of sp³-hybridized carbons (Fsp3) is 0.579. The van der Waals surface area contributed by atoms with Gasteiger partial charge in [0.2, 0.25) is 5.91 Å². The third-order valence-corrected chi connectivity index (χ3v) is 5.31. The van der Waals surface area contributed by atoms with Gasteiger partial charge < -0.3 is 14.7 Å². The lowest BCUT2D eigenvalue weighted by molar-refractivity contribution is -0.139. The molecule has 26 heavy (non-hydrogen) atoms. The van der Waals surface area contributed by atoms with E-state index in [1.165, 1.54) is 6.07 Å². The molecule has 1 aromatic carbocycles. The van der Waals surface area contributed by atoms with Crippen LogP contribution in [0.4, 0.5) is 14.5 Å². The average Bonchev–Trinajstić information content (AvgIpc) is 2.60. The number of benzene rings is 1. The molecule has 1 amide bonds. The second-order valence-corrected chi connectivity index (χ2v) is 7.40. The van der Waals surface area contributed by atoms with Crippen LogP contribution in [0.3, 0.4) is 0 Å². The highest BCUT2D eigenvalue weighted by molar-refractivity contribution is 5.88. The molecule has 1 unspecified atom stereocenters. The first kappa shape index (κ1) is 18.8. The van der Waals surface area contributed by atoms with Crippen molar-refractivity contribution in [2.24, 2.45) is 11.8 Å². The van der Waals surface area contributed by atoms with Crippen LogP contribution in [0.15, 0.2) is 18.2 Å². The SMILES string of the molecule is CC(CC(=O)C1CN(C)C1)C(=O)N1CCN(c2ccc(F)c(F)c2)CC1. The lowest BCUT2D eigenvalue weighted by Crippen LogP contribution is -2.51. The van der Waals surface area contributed by atoms with Crippen molar-refractivity contribution in [1.29, 1.82) is 0 Å². The van der Waals surface area contributed by atoms with Crippen molar-refractivity contribution in [2.45, 2.75) is 13.3 Å². The van der Waals surface area contributed by atoms with Crippen LogP contribution in [-0.2, 0) is 9.59 Å². The van der Waals surface area contributed by atoms with E-state index in [4.69, 9.17) is 0 Å². The first-order valence-electron chi connectivity index (χ1n) is 9.05. The molecule has 0 spiro atoms. The van der Waals surface area contributed by atoms with Crippen LogP contribution in [0.1, 0.15) is 13.3 Å². The molecule has 0 bridgehead atoms. The van der Waals surface area contributed by atoms with Gasteiger partial charge in [-0.15, -0.1) is 0 Å². The summed E-state index contributed by atoms with van der Waals surface area (Å²) in [5.74, 6) is -1.81. The maximum absolute atomic E-state index is 13.4. The number of rotatable bonds is 5. The van der Waals surface area contributed by atoms with E-state index < -0.39 is 11.6 Å². The van der Waals surface area contributed by atoms with E-state index >= 15 is 0 Å². The van der Waals surface area contributed by atoms with Crippen LogP contribution in [0.5, 0.6) is 0 Å². The van der Waals surface area contributed by atoms with Gasteiger partial charge in [0, 0.05) is 69.3 Å². The number of halogens is 2. The maximum Gasteiger partial charge on any atom is 0.225 e. The highest BCUT2D eigenvalue weighted by Crippen LogP contribution is 2.22. The third-order valence-electron chi connectivity index (χ3n) is 5.31. The highest BCUT2D eigenvalue weighted by Gasteiger charge is 2.33. The molecular weight excluding hydrogens is 340 g/mol. The molecule has 7 heteroatoms. The van der Waals surface area contributed by atoms with Crippen LogP contribution in [0, 0.1) is 23.5 Å². The average molecular weight is 365 g/mol. The summed E-state index contributed by atoms with van der Waals surface area (Å²) in [5.41, 5.74) is 0.619. The molecule has 0 radical (unpaired) electrons. The number of Topliss-reactive ketones (excluding diaryl/α,β-unsaturated/α-hetero) is 1. The van der Waals surface area contributed by atoms with Crippen molar-refractivity contribution in [3.05, 3.63) is 29.8 Å². The Balaban J connectivity index is 1.49. The van der Waals surface area contributed by atoms with Gasteiger partial charge in [-0.2, -0.15) is 0 Å². The number of ketones is 1. The number of hydrogen-bond acceptors (Lipinski definition) is 4. The monoisotopic (exact) mass is 365 g/mol. The van der Waals surface area contributed by atoms with Crippen molar-refractivity contribution in [2.75, 3.05) is 51.2 Å². The Bertz CT molecular complexity index is 683. The van der Waals surface area contributed by atoms with Gasteiger partial charge in [-0.3, -0.25) is 9.59 Å². The predicted molar refractivity (Wildman–Crippen MR) is 94.9 cm³/mol. The fourth-order valence-electron chi connectivity index (χ4n) is 3.64. The fourth-order valence-corrected chi connectivity index (χ4v) is 3.64. The zero-order valence-corrected chi connectivity index (χ0v) is 15.3. The van der Waals surface area contributed by atoms with Crippen molar-refractivity contribution < 1.29 is 18.4 Å². The van der Waals surface area contributed by atoms with E-state index in [1.54, 1.807) is 11.0 Å². The molecule has 0 saturated carbocycles. The summed E-state index contributed by atoms with van der Waals surface area (Å²) in [6.45, 7) is 5.53. The van der Waals surface area contributed by atoms with Gasteiger partial charge in [0.15, 0.2) is 11.6 Å². The third kappa shape index (κ3) is 4.03. The number of carbonyl (C=O) groups is 2. The van der Waals surface area contributed by atoms with E-state index in [1.807, 2.05) is 18.9 Å². The number of hydrogen-bond donors (Lipinski definition) is 0. The van der Waals surface area contributed by atoms with Crippen LogP contribution in [0.25, 0.3) is 0 Å². The quantitative estimate of drug-likeness (QED) is 0.798. The Labute approximate surface area is 152 Å². The van der Waals surface area contributed by atoms with E-state index in [0.717, 1.165) is 19.2 Å². The van der Waals surface area contributed by atoms with Gasteiger partial charge in [-0.25, -0.2) is 8.78 Å². The summed E-state index contributed by atoms with van der Waals surface area (Å²) in [7, 11) is 1.98. The number of likely N-dealkylation sites (tertiary alicyclic amines) is 1. The number of amides is 1. The Hall–Kier alpha value is -2.02. The molecule has 1 aromatic rings. The van der Waals surface area contributed by atoms with Crippen molar-refractivity contribution >= 4 is 17.4 Å². The first-order chi connectivity index (χ1) is 12.3. The van der Waals surface area contributed by atoms with Crippen molar-refractivity contribution in [3.8, 4) is 0 Å². The van der Waals surface area contributed by atoms with E-state index in [0.29, 0.717) is 38.3 Å². The van der Waals surface area contributed by atoms with Crippen LogP contribution >= 0.6 is 0 Å². The van der Waals surface area contributed by atoms with Crippen LogP contribution < -0.4 is 4.90 Å². The Kier molecular flexibility index (Phi) is 5.55. The number of piperazine rings is 1. The smallest absolute Gasteiger partial charge is 0.225 e. The molecule has 2 saturated heterocycles. The molecular formula is C19H25F2N3O2. The summed E-state index contributed by atoms with van der Waals surface area (Å²) in [6.07, 6.45) is 0.292. The topological polar surface area (TPSA) is 43.9 Å². The molecule has 3 rings (SSSR count). The minimum absolute atomic E-state index is 0.00374. The summed E-state index contributed by atoms with van der Waals surface area (Å²) in [4.78, 5) is 30.6. The van der Waals surface area contributed by atoms with Crippen molar-refractivity contribution in [3.63, 3.8) is 0 Å². The van der Waals surface area contributed by atoms with Crippen LogP contribution in [0.2, 0.25) is 0 Å². The highest BCUT2D eigenvalue weighted by atomic mass is 19.2. The van der Waals surface area contributed by atoms with Gasteiger partial charge in [-0.1, -0.05) is 6.92 Å². The lowest BCUT2D eigenvalue weighted by atomic mass is 9.89. The summed E-state index contributed by atoms with van der Waals surface area (Å²) < 4.78 is 26.4. The number of carbonyl (C=O) groups excluding carboxylic acids is 2. The molecule has 2 aliphatic heterocycles. The molecule has 1 atom stereocenters. The minimum atomic E-state index is -0.866. The van der Waals surface area contributed by atoms with Crippen molar-refractivity contribution in [1.82, 2.24) is 9.80 Å². The van der Waals surface area contributed by atoms with Gasteiger partial charge >= 0.3 is 0 Å². The Morgan fingerprint density at radius 2 is 1.77 bits per heavy atom. The normalized spacial score (nSPS) is 20.0. The maximum atomic E-state index is 13.4. The Morgan fingerprint density at radius 1 is 1.12 bits per heavy atom. The molecule has 0 aliphatic carbocycles. The first-order valence-corrected chi connectivity index (χ1v) is 9.05. The molecule has 2 heterocycles. The van der Waals surface area contributed by atoms with E-state index in [-0.39, 0.29) is 23.5 Å². The van der Waals surface area contributed by atoms with Gasteiger partial charge in [-0.05, 0) is 19.2 Å². The molecule has 0 aromatic heterocycles. The second-order valence-electron chi connectivity index (χ2n) is 7.40. The summed E-state index contributed by atoms with van der Waals surface area (Å²) in [5, 5.41) is 0. The molecule has 5 nitrogen and oxygen atoms in total. The predicted octanol–water partition coefficient (Wildman–Crippen LogP) is 1.77. The summed E-state index contributed by atoms with van der Waals surface area (Å²) in [6, 6.07) is 3.85. The molecule has 2 aliphatic rings. The van der Waals surface area contributed by atoms with Gasteiger partial charge in [0.25, 0.3) is 0 Å². The summed E-state index contributed by atoms with van der Waals surface area (Å²) >= 11 is 0. The van der Waals surface area contributed by atoms with Gasteiger partial charge in [0.05, 0.1) is 0 Å².